The molecule has 4 N–H and O–H groups in total. The van der Waals surface area contributed by atoms with Gasteiger partial charge in [-0.05, 0) is 55.9 Å². The average Bonchev–Trinajstić information content (AvgIpc) is 2.43. The first-order valence-corrected chi connectivity index (χ1v) is 8.47. The standard InChI is InChI=1S/C14H16BrN3O2S/c1-9-7-10(15)3-5-13(9)18-14-6-4-11(8-12(14)16)21(19,20)17-2/h3-8,17-18H,16H2,1-2H3. The van der Waals surface area contributed by atoms with E-state index in [1.54, 1.807) is 6.07 Å². The molecule has 112 valence electrons. The van der Waals surface area contributed by atoms with Gasteiger partial charge in [0.25, 0.3) is 0 Å². The summed E-state index contributed by atoms with van der Waals surface area (Å²) in [5.41, 5.74) is 8.93. The van der Waals surface area contributed by atoms with E-state index in [0.29, 0.717) is 11.4 Å². The van der Waals surface area contributed by atoms with Gasteiger partial charge in [-0.25, -0.2) is 13.1 Å². The van der Waals surface area contributed by atoms with Crippen molar-refractivity contribution in [1.82, 2.24) is 4.72 Å². The fourth-order valence-corrected chi connectivity index (χ4v) is 3.09. The molecule has 21 heavy (non-hydrogen) atoms. The molecule has 0 bridgehead atoms. The maximum absolute atomic E-state index is 11.7. The lowest BCUT2D eigenvalue weighted by Crippen LogP contribution is -2.18. The van der Waals surface area contributed by atoms with Crippen molar-refractivity contribution in [2.45, 2.75) is 11.8 Å². The summed E-state index contributed by atoms with van der Waals surface area (Å²) < 4.78 is 26.7. The molecule has 2 aromatic rings. The van der Waals surface area contributed by atoms with Crippen LogP contribution in [0.2, 0.25) is 0 Å². The Labute approximate surface area is 132 Å². The number of aryl methyl sites for hydroxylation is 1. The molecule has 0 aliphatic carbocycles. The zero-order valence-corrected chi connectivity index (χ0v) is 14.0. The van der Waals surface area contributed by atoms with E-state index in [1.165, 1.54) is 19.2 Å². The second-order valence-corrected chi connectivity index (χ2v) is 7.34. The van der Waals surface area contributed by atoms with Gasteiger partial charge in [-0.15, -0.1) is 0 Å². The quantitative estimate of drug-likeness (QED) is 0.723. The number of rotatable bonds is 4. The summed E-state index contributed by atoms with van der Waals surface area (Å²) in [4.78, 5) is 0.139. The Morgan fingerprint density at radius 2 is 1.76 bits per heavy atom. The normalized spacial score (nSPS) is 11.4. The van der Waals surface area contributed by atoms with Gasteiger partial charge in [0.2, 0.25) is 10.0 Å². The van der Waals surface area contributed by atoms with Crippen molar-refractivity contribution >= 4 is 43.0 Å². The Kier molecular flexibility index (Phi) is 4.55. The van der Waals surface area contributed by atoms with E-state index in [1.807, 2.05) is 25.1 Å². The van der Waals surface area contributed by atoms with Crippen LogP contribution in [0.4, 0.5) is 17.1 Å². The van der Waals surface area contributed by atoms with Crippen LogP contribution in [0.3, 0.4) is 0 Å². The van der Waals surface area contributed by atoms with Crippen LogP contribution in [0.25, 0.3) is 0 Å². The molecule has 0 aliphatic rings. The Morgan fingerprint density at radius 1 is 1.10 bits per heavy atom. The molecule has 0 radical (unpaired) electrons. The molecule has 2 aromatic carbocycles. The molecule has 0 saturated carbocycles. The van der Waals surface area contributed by atoms with Gasteiger partial charge in [-0.2, -0.15) is 0 Å². The summed E-state index contributed by atoms with van der Waals surface area (Å²) in [6.45, 7) is 1.98. The summed E-state index contributed by atoms with van der Waals surface area (Å²) in [6, 6.07) is 10.4. The molecule has 0 aromatic heterocycles. The minimum absolute atomic E-state index is 0.139. The van der Waals surface area contributed by atoms with Crippen LogP contribution < -0.4 is 15.8 Å². The van der Waals surface area contributed by atoms with Crippen molar-refractivity contribution < 1.29 is 8.42 Å². The molecule has 5 nitrogen and oxygen atoms in total. The van der Waals surface area contributed by atoms with Crippen LogP contribution in [0.5, 0.6) is 0 Å². The molecule has 0 fully saturated rings. The topological polar surface area (TPSA) is 84.2 Å². The maximum Gasteiger partial charge on any atom is 0.240 e. The highest BCUT2D eigenvalue weighted by molar-refractivity contribution is 9.10. The van der Waals surface area contributed by atoms with Crippen LogP contribution in [0.15, 0.2) is 45.8 Å². The van der Waals surface area contributed by atoms with Crippen LogP contribution in [-0.4, -0.2) is 15.5 Å². The zero-order chi connectivity index (χ0) is 15.6. The Bertz CT molecular complexity index is 776. The third-order valence-electron chi connectivity index (χ3n) is 3.06. The van der Waals surface area contributed by atoms with Crippen molar-refractivity contribution in [2.24, 2.45) is 0 Å². The largest absolute Gasteiger partial charge is 0.397 e. The van der Waals surface area contributed by atoms with Crippen molar-refractivity contribution in [3.63, 3.8) is 0 Å². The Hall–Kier alpha value is -1.57. The lowest BCUT2D eigenvalue weighted by atomic mass is 10.2. The van der Waals surface area contributed by atoms with Gasteiger partial charge in [0, 0.05) is 10.2 Å². The van der Waals surface area contributed by atoms with Gasteiger partial charge in [-0.1, -0.05) is 15.9 Å². The molecule has 0 atom stereocenters. The number of nitrogen functional groups attached to an aromatic ring is 1. The van der Waals surface area contributed by atoms with E-state index in [-0.39, 0.29) is 4.90 Å². The second-order valence-electron chi connectivity index (χ2n) is 4.54. The fourth-order valence-electron chi connectivity index (χ4n) is 1.85. The number of nitrogens with two attached hydrogens (primary N) is 1. The number of hydrogen-bond acceptors (Lipinski definition) is 4. The number of halogens is 1. The second kappa shape index (κ2) is 6.05. The van der Waals surface area contributed by atoms with Gasteiger partial charge < -0.3 is 11.1 Å². The van der Waals surface area contributed by atoms with Gasteiger partial charge in [0.15, 0.2) is 0 Å². The first-order chi connectivity index (χ1) is 9.83. The zero-order valence-electron chi connectivity index (χ0n) is 11.6. The predicted molar refractivity (Wildman–Crippen MR) is 89.3 cm³/mol. The van der Waals surface area contributed by atoms with Crippen molar-refractivity contribution in [3.8, 4) is 0 Å². The van der Waals surface area contributed by atoms with Crippen LogP contribution in [0.1, 0.15) is 5.56 Å². The average molecular weight is 370 g/mol. The summed E-state index contributed by atoms with van der Waals surface area (Å²) in [5, 5.41) is 3.20. The van der Waals surface area contributed by atoms with Gasteiger partial charge in [0.1, 0.15) is 0 Å². The molecule has 0 heterocycles. The number of nitrogens with one attached hydrogen (secondary N) is 2. The highest BCUT2D eigenvalue weighted by atomic mass is 79.9. The van der Waals surface area contributed by atoms with Gasteiger partial charge in [-0.3, -0.25) is 0 Å². The predicted octanol–water partition coefficient (Wildman–Crippen LogP) is 2.99. The minimum atomic E-state index is -3.49. The van der Waals surface area contributed by atoms with Crippen LogP contribution >= 0.6 is 15.9 Å². The molecule has 0 saturated heterocycles. The molecule has 2 rings (SSSR count). The third kappa shape index (κ3) is 3.55. The maximum atomic E-state index is 11.7. The van der Waals surface area contributed by atoms with E-state index < -0.39 is 10.0 Å². The number of hydrogen-bond donors (Lipinski definition) is 3. The van der Waals surface area contributed by atoms with E-state index in [0.717, 1.165) is 15.7 Å². The third-order valence-corrected chi connectivity index (χ3v) is 4.97. The summed E-state index contributed by atoms with van der Waals surface area (Å²) >= 11 is 3.41. The van der Waals surface area contributed by atoms with Gasteiger partial charge >= 0.3 is 0 Å². The van der Waals surface area contributed by atoms with Crippen molar-refractivity contribution in [2.75, 3.05) is 18.1 Å². The summed E-state index contributed by atoms with van der Waals surface area (Å²) in [6.07, 6.45) is 0. The monoisotopic (exact) mass is 369 g/mol. The number of sulfonamides is 1. The van der Waals surface area contributed by atoms with Crippen LogP contribution in [-0.2, 0) is 10.0 Å². The lowest BCUT2D eigenvalue weighted by molar-refractivity contribution is 0.588. The lowest BCUT2D eigenvalue weighted by Gasteiger charge is -2.13. The molecule has 0 unspecified atom stereocenters. The molecule has 7 heteroatoms. The highest BCUT2D eigenvalue weighted by Gasteiger charge is 2.13. The first-order valence-electron chi connectivity index (χ1n) is 6.20. The minimum Gasteiger partial charge on any atom is -0.397 e. The van der Waals surface area contributed by atoms with E-state index in [9.17, 15) is 8.42 Å². The summed E-state index contributed by atoms with van der Waals surface area (Å²) in [5.74, 6) is 0. The Morgan fingerprint density at radius 3 is 2.33 bits per heavy atom. The molecule has 0 amide bonds. The van der Waals surface area contributed by atoms with E-state index >= 15 is 0 Å². The van der Waals surface area contributed by atoms with Gasteiger partial charge in [0.05, 0.1) is 16.3 Å². The van der Waals surface area contributed by atoms with Crippen LogP contribution in [0, 0.1) is 6.92 Å². The molecular weight excluding hydrogens is 354 g/mol. The van der Waals surface area contributed by atoms with E-state index in [2.05, 4.69) is 26.0 Å². The number of benzene rings is 2. The molecule has 0 aliphatic heterocycles. The molecule has 0 spiro atoms. The number of anilines is 3. The molecular formula is C14H16BrN3O2S. The summed E-state index contributed by atoms with van der Waals surface area (Å²) in [7, 11) is -2.12. The highest BCUT2D eigenvalue weighted by Crippen LogP contribution is 2.28. The van der Waals surface area contributed by atoms with E-state index in [4.69, 9.17) is 5.73 Å². The Balaban J connectivity index is 2.34. The van der Waals surface area contributed by atoms with Crippen molar-refractivity contribution in [1.29, 1.82) is 0 Å². The fraction of sp³-hybridized carbons (Fsp3) is 0.143. The SMILES string of the molecule is CNS(=O)(=O)c1ccc(Nc2ccc(Br)cc2C)c(N)c1. The first kappa shape index (κ1) is 15.8. The smallest absolute Gasteiger partial charge is 0.240 e. The van der Waals surface area contributed by atoms with Crippen molar-refractivity contribution in [3.05, 3.63) is 46.4 Å².